The summed E-state index contributed by atoms with van der Waals surface area (Å²) in [6.07, 6.45) is 8.57. The molecule has 0 aromatic heterocycles. The largest absolute Gasteiger partial charge is 0.393 e. The summed E-state index contributed by atoms with van der Waals surface area (Å²) in [5.74, 6) is 1.51. The minimum atomic E-state index is -4.20. The number of hydrogen-bond donors (Lipinski definition) is 4. The quantitative estimate of drug-likeness (QED) is 0.428. The van der Waals surface area contributed by atoms with E-state index < -0.39 is 16.0 Å². The summed E-state index contributed by atoms with van der Waals surface area (Å²) in [6.45, 7) is 7.04. The molecule has 6 unspecified atom stereocenters. The summed E-state index contributed by atoms with van der Waals surface area (Å²) < 4.78 is 30.5. The highest BCUT2D eigenvalue weighted by atomic mass is 32.2. The first kappa shape index (κ1) is 25.4. The van der Waals surface area contributed by atoms with Crippen LogP contribution in [0.15, 0.2) is 0 Å². The van der Waals surface area contributed by atoms with Crippen LogP contribution in [0, 0.1) is 46.3 Å². The monoisotopic (exact) mass is 485 g/mol. The van der Waals surface area contributed by atoms with Gasteiger partial charge in [-0.15, -0.1) is 0 Å². The highest BCUT2D eigenvalue weighted by Gasteiger charge is 2.62. The molecule has 0 aliphatic heterocycles. The molecule has 8 heteroatoms. The van der Waals surface area contributed by atoms with E-state index in [1.807, 2.05) is 0 Å². The average molecular weight is 486 g/mol. The number of hydrogen-bond acceptors (Lipinski definition) is 5. The maximum absolute atomic E-state index is 12.1. The number of aliphatic hydroxyl groups is 2. The Morgan fingerprint density at radius 3 is 2.39 bits per heavy atom. The molecule has 4 saturated carbocycles. The van der Waals surface area contributed by atoms with E-state index in [1.165, 1.54) is 0 Å². The summed E-state index contributed by atoms with van der Waals surface area (Å²) >= 11 is 0. The molecule has 0 spiro atoms. The molecule has 4 fully saturated rings. The van der Waals surface area contributed by atoms with Crippen LogP contribution in [0.2, 0.25) is 0 Å². The molecule has 0 saturated heterocycles. The van der Waals surface area contributed by atoms with Crippen LogP contribution in [0.4, 0.5) is 0 Å². The van der Waals surface area contributed by atoms with Crippen molar-refractivity contribution in [1.29, 1.82) is 0 Å². The Morgan fingerprint density at radius 1 is 1.03 bits per heavy atom. The van der Waals surface area contributed by atoms with Gasteiger partial charge in [0.2, 0.25) is 5.91 Å². The fraction of sp³-hybridized carbons (Fsp3) is 0.960. The number of carbonyl (C=O) groups is 1. The molecular weight excluding hydrogens is 442 g/mol. The highest BCUT2D eigenvalue weighted by Crippen LogP contribution is 2.68. The fourth-order valence-corrected chi connectivity index (χ4v) is 9.34. The highest BCUT2D eigenvalue weighted by molar-refractivity contribution is 7.85. The van der Waals surface area contributed by atoms with Crippen molar-refractivity contribution >= 4 is 16.0 Å². The molecule has 1 amide bonds. The van der Waals surface area contributed by atoms with Gasteiger partial charge in [-0.25, -0.2) is 0 Å². The number of rotatable bonds is 6. The van der Waals surface area contributed by atoms with Crippen molar-refractivity contribution in [2.24, 2.45) is 46.3 Å². The molecule has 0 radical (unpaired) electrons. The average Bonchev–Trinajstić information content (AvgIpc) is 3.08. The first-order valence-corrected chi connectivity index (χ1v) is 14.5. The van der Waals surface area contributed by atoms with E-state index in [-0.39, 0.29) is 35.4 Å². The van der Waals surface area contributed by atoms with Crippen LogP contribution < -0.4 is 5.32 Å². The standard InChI is InChI=1S/C25H43NO6S/c1-15(4-7-22(29)26-14-33(30,31)32)18-5-6-19-23-20(9-11-25(18,19)3)24(2)10-8-17(27)12-16(24)13-21(23)28/h15-21,23,27-28H,4-14H2,1-3H3,(H,26,29)(H,30,31,32)/t15?,16?,17-,18-,19?,20?,21?,23?,24+,25-/m1/s1. The predicted octanol–water partition coefficient (Wildman–Crippen LogP) is 3.35. The molecule has 4 rings (SSSR count). The number of carbonyl (C=O) groups excluding carboxylic acids is 1. The molecule has 0 aromatic rings. The molecule has 0 bridgehead atoms. The third-order valence-corrected chi connectivity index (χ3v) is 11.2. The van der Waals surface area contributed by atoms with Crippen molar-refractivity contribution in [2.75, 3.05) is 5.88 Å². The van der Waals surface area contributed by atoms with Gasteiger partial charge < -0.3 is 15.5 Å². The molecule has 7 nitrogen and oxygen atoms in total. The topological polar surface area (TPSA) is 124 Å². The fourth-order valence-electron chi connectivity index (χ4n) is 9.00. The SMILES string of the molecule is CC(CCC(=O)NCS(=O)(=O)O)[C@H]1CCC2C3C(O)CC4C[C@H](O)CC[C@]4(C)C3CC[C@@]21C. The van der Waals surface area contributed by atoms with Gasteiger partial charge in [-0.3, -0.25) is 9.35 Å². The van der Waals surface area contributed by atoms with Gasteiger partial charge in [-0.2, -0.15) is 8.42 Å². The lowest BCUT2D eigenvalue weighted by atomic mass is 9.43. The molecule has 0 heterocycles. The first-order chi connectivity index (χ1) is 15.3. The normalized spacial score (nSPS) is 46.1. The van der Waals surface area contributed by atoms with Crippen LogP contribution in [-0.2, 0) is 14.9 Å². The number of fused-ring (bicyclic) bond motifs is 5. The third-order valence-electron chi connectivity index (χ3n) is 10.7. The molecular formula is C25H43NO6S. The van der Waals surface area contributed by atoms with E-state index in [0.29, 0.717) is 41.9 Å². The van der Waals surface area contributed by atoms with Crippen LogP contribution in [-0.4, -0.2) is 47.2 Å². The summed E-state index contributed by atoms with van der Waals surface area (Å²) in [7, 11) is -4.20. The summed E-state index contributed by atoms with van der Waals surface area (Å²) in [6, 6.07) is 0. The third kappa shape index (κ3) is 4.74. The molecule has 4 aliphatic rings. The van der Waals surface area contributed by atoms with Gasteiger partial charge in [0.15, 0.2) is 0 Å². The second-order valence-electron chi connectivity index (χ2n) is 12.3. The second kappa shape index (κ2) is 9.07. The van der Waals surface area contributed by atoms with Gasteiger partial charge in [0.25, 0.3) is 10.1 Å². The van der Waals surface area contributed by atoms with E-state index in [1.54, 1.807) is 0 Å². The van der Waals surface area contributed by atoms with Gasteiger partial charge >= 0.3 is 0 Å². The summed E-state index contributed by atoms with van der Waals surface area (Å²) in [5, 5.41) is 23.9. The van der Waals surface area contributed by atoms with Crippen molar-refractivity contribution in [2.45, 2.75) is 97.2 Å². The number of amides is 1. The molecule has 0 aromatic carbocycles. The number of aliphatic hydroxyl groups excluding tert-OH is 2. The summed E-state index contributed by atoms with van der Waals surface area (Å²) in [5.41, 5.74) is 0.378. The van der Waals surface area contributed by atoms with Gasteiger partial charge in [0, 0.05) is 6.42 Å². The van der Waals surface area contributed by atoms with E-state index in [4.69, 9.17) is 4.55 Å². The molecule has 33 heavy (non-hydrogen) atoms. The minimum Gasteiger partial charge on any atom is -0.393 e. The zero-order valence-electron chi connectivity index (χ0n) is 20.4. The Morgan fingerprint density at radius 2 is 1.70 bits per heavy atom. The lowest BCUT2D eigenvalue weighted by Crippen LogP contribution is -2.58. The van der Waals surface area contributed by atoms with Gasteiger partial charge in [-0.05, 0) is 104 Å². The van der Waals surface area contributed by atoms with E-state index >= 15 is 0 Å². The van der Waals surface area contributed by atoms with Crippen molar-refractivity contribution in [1.82, 2.24) is 5.32 Å². The van der Waals surface area contributed by atoms with Crippen molar-refractivity contribution in [3.8, 4) is 0 Å². The van der Waals surface area contributed by atoms with Crippen LogP contribution >= 0.6 is 0 Å². The Hall–Kier alpha value is -0.700. The van der Waals surface area contributed by atoms with Gasteiger partial charge in [-0.1, -0.05) is 20.8 Å². The van der Waals surface area contributed by atoms with E-state index in [0.717, 1.165) is 51.4 Å². The Bertz CT molecular complexity index is 848. The second-order valence-corrected chi connectivity index (χ2v) is 13.7. The van der Waals surface area contributed by atoms with Crippen LogP contribution in [0.3, 0.4) is 0 Å². The van der Waals surface area contributed by atoms with E-state index in [9.17, 15) is 23.4 Å². The zero-order chi connectivity index (χ0) is 24.2. The van der Waals surface area contributed by atoms with Crippen molar-refractivity contribution in [3.05, 3.63) is 0 Å². The Kier molecular flexibility index (Phi) is 6.98. The Balaban J connectivity index is 1.43. The van der Waals surface area contributed by atoms with Crippen LogP contribution in [0.1, 0.15) is 85.0 Å². The minimum absolute atomic E-state index is 0.157. The van der Waals surface area contributed by atoms with Crippen LogP contribution in [0.25, 0.3) is 0 Å². The lowest BCUT2D eigenvalue weighted by molar-refractivity contribution is -0.174. The predicted molar refractivity (Wildman–Crippen MR) is 126 cm³/mol. The Labute approximate surface area is 198 Å². The molecule has 10 atom stereocenters. The molecule has 190 valence electrons. The summed E-state index contributed by atoms with van der Waals surface area (Å²) in [4.78, 5) is 12.1. The van der Waals surface area contributed by atoms with Gasteiger partial charge in [0.1, 0.15) is 5.88 Å². The van der Waals surface area contributed by atoms with Crippen molar-refractivity contribution in [3.63, 3.8) is 0 Å². The smallest absolute Gasteiger partial charge is 0.283 e. The van der Waals surface area contributed by atoms with Gasteiger partial charge in [0.05, 0.1) is 12.2 Å². The molecule has 4 aliphatic carbocycles. The number of nitrogens with one attached hydrogen (secondary N) is 1. The molecule has 4 N–H and O–H groups in total. The van der Waals surface area contributed by atoms with Crippen molar-refractivity contribution < 1.29 is 28.0 Å². The maximum Gasteiger partial charge on any atom is 0.283 e. The maximum atomic E-state index is 12.1. The first-order valence-electron chi connectivity index (χ1n) is 12.9. The lowest BCUT2D eigenvalue weighted by Gasteiger charge is -2.62. The van der Waals surface area contributed by atoms with E-state index in [2.05, 4.69) is 26.1 Å². The zero-order valence-corrected chi connectivity index (χ0v) is 21.2. The van der Waals surface area contributed by atoms with Crippen LogP contribution in [0.5, 0.6) is 0 Å².